The van der Waals surface area contributed by atoms with Gasteiger partial charge in [0.2, 0.25) is 5.88 Å². The normalized spacial score (nSPS) is 10.1. The Labute approximate surface area is 98.6 Å². The highest BCUT2D eigenvalue weighted by atomic mass is 32.2. The van der Waals surface area contributed by atoms with Gasteiger partial charge in [-0.3, -0.25) is 0 Å². The number of pyridine rings is 1. The van der Waals surface area contributed by atoms with Crippen LogP contribution in [0.15, 0.2) is 47.5 Å². The van der Waals surface area contributed by atoms with Crippen LogP contribution in [-0.2, 0) is 0 Å². The molecular formula is C12H12N2OS. The summed E-state index contributed by atoms with van der Waals surface area (Å²) in [7, 11) is 0. The molecule has 0 aliphatic rings. The highest BCUT2D eigenvalue weighted by molar-refractivity contribution is 7.98. The van der Waals surface area contributed by atoms with Gasteiger partial charge in [-0.2, -0.15) is 0 Å². The van der Waals surface area contributed by atoms with Gasteiger partial charge in [-0.25, -0.2) is 4.98 Å². The Morgan fingerprint density at radius 3 is 2.56 bits per heavy atom. The van der Waals surface area contributed by atoms with Crippen LogP contribution in [0.25, 0.3) is 0 Å². The molecule has 1 aromatic carbocycles. The van der Waals surface area contributed by atoms with Crippen molar-refractivity contribution in [1.82, 2.24) is 4.98 Å². The van der Waals surface area contributed by atoms with E-state index < -0.39 is 0 Å². The summed E-state index contributed by atoms with van der Waals surface area (Å²) >= 11 is 1.70. The number of hydrogen-bond acceptors (Lipinski definition) is 4. The minimum absolute atomic E-state index is 0.511. The maximum atomic E-state index is 5.63. The summed E-state index contributed by atoms with van der Waals surface area (Å²) in [6.07, 6.45) is 3.66. The first-order valence-corrected chi connectivity index (χ1v) is 6.04. The van der Waals surface area contributed by atoms with Crippen molar-refractivity contribution in [2.24, 2.45) is 0 Å². The van der Waals surface area contributed by atoms with Crippen LogP contribution in [0.2, 0.25) is 0 Å². The third-order valence-electron chi connectivity index (χ3n) is 2.04. The van der Waals surface area contributed by atoms with Crippen molar-refractivity contribution in [2.75, 3.05) is 12.0 Å². The van der Waals surface area contributed by atoms with Crippen molar-refractivity contribution in [1.29, 1.82) is 0 Å². The molecule has 0 saturated heterocycles. The Hall–Kier alpha value is -1.68. The highest BCUT2D eigenvalue weighted by Gasteiger charge is 1.99. The number of ether oxygens (including phenoxy) is 1. The molecule has 0 atom stereocenters. The standard InChI is InChI=1S/C12H12N2OS/c1-16-11-4-2-10(3-5-11)15-12-8-9(13)6-7-14-12/h2-8H,1H3,(H2,13,14). The van der Waals surface area contributed by atoms with Crippen molar-refractivity contribution in [3.63, 3.8) is 0 Å². The Kier molecular flexibility index (Phi) is 3.31. The zero-order chi connectivity index (χ0) is 11.4. The fourth-order valence-electron chi connectivity index (χ4n) is 1.25. The monoisotopic (exact) mass is 232 g/mol. The molecule has 1 heterocycles. The fourth-order valence-corrected chi connectivity index (χ4v) is 1.65. The lowest BCUT2D eigenvalue weighted by molar-refractivity contribution is 0.463. The smallest absolute Gasteiger partial charge is 0.221 e. The van der Waals surface area contributed by atoms with Crippen LogP contribution < -0.4 is 10.5 Å². The highest BCUT2D eigenvalue weighted by Crippen LogP contribution is 2.23. The van der Waals surface area contributed by atoms with Gasteiger partial charge in [0.05, 0.1) is 0 Å². The third-order valence-corrected chi connectivity index (χ3v) is 2.78. The summed E-state index contributed by atoms with van der Waals surface area (Å²) in [6.45, 7) is 0. The molecule has 16 heavy (non-hydrogen) atoms. The zero-order valence-corrected chi connectivity index (χ0v) is 9.70. The number of thioether (sulfide) groups is 1. The van der Waals surface area contributed by atoms with Crippen molar-refractivity contribution < 1.29 is 4.74 Å². The number of nitrogens with two attached hydrogens (primary N) is 1. The molecule has 0 fully saturated rings. The molecule has 0 unspecified atom stereocenters. The average Bonchev–Trinajstić information content (AvgIpc) is 2.30. The van der Waals surface area contributed by atoms with E-state index >= 15 is 0 Å². The quantitative estimate of drug-likeness (QED) is 0.826. The first-order valence-electron chi connectivity index (χ1n) is 4.81. The molecule has 2 rings (SSSR count). The maximum absolute atomic E-state index is 5.63. The number of anilines is 1. The summed E-state index contributed by atoms with van der Waals surface area (Å²) in [5, 5.41) is 0. The predicted octanol–water partition coefficient (Wildman–Crippen LogP) is 3.18. The van der Waals surface area contributed by atoms with E-state index in [4.69, 9.17) is 10.5 Å². The summed E-state index contributed by atoms with van der Waals surface area (Å²) in [5.74, 6) is 1.27. The molecule has 4 heteroatoms. The number of benzene rings is 1. The first-order chi connectivity index (χ1) is 7.78. The Morgan fingerprint density at radius 1 is 1.19 bits per heavy atom. The minimum Gasteiger partial charge on any atom is -0.439 e. The third kappa shape index (κ3) is 2.67. The van der Waals surface area contributed by atoms with Crippen LogP contribution in [0.3, 0.4) is 0 Å². The van der Waals surface area contributed by atoms with Crippen LogP contribution in [0.5, 0.6) is 11.6 Å². The fraction of sp³-hybridized carbons (Fsp3) is 0.0833. The topological polar surface area (TPSA) is 48.1 Å². The molecule has 2 aromatic rings. The molecule has 82 valence electrons. The van der Waals surface area contributed by atoms with Crippen LogP contribution in [-0.4, -0.2) is 11.2 Å². The number of hydrogen-bond donors (Lipinski definition) is 1. The Morgan fingerprint density at radius 2 is 1.94 bits per heavy atom. The molecular weight excluding hydrogens is 220 g/mol. The number of rotatable bonds is 3. The van der Waals surface area contributed by atoms with Gasteiger partial charge in [0, 0.05) is 22.8 Å². The van der Waals surface area contributed by atoms with Gasteiger partial charge in [-0.1, -0.05) is 0 Å². The van der Waals surface area contributed by atoms with E-state index in [0.717, 1.165) is 5.75 Å². The van der Waals surface area contributed by atoms with Crippen molar-refractivity contribution in [3.05, 3.63) is 42.6 Å². The summed E-state index contributed by atoms with van der Waals surface area (Å²) in [5.41, 5.74) is 6.28. The minimum atomic E-state index is 0.511. The molecule has 0 radical (unpaired) electrons. The van der Waals surface area contributed by atoms with Crippen molar-refractivity contribution >= 4 is 17.4 Å². The largest absolute Gasteiger partial charge is 0.439 e. The van der Waals surface area contributed by atoms with E-state index in [2.05, 4.69) is 4.98 Å². The summed E-state index contributed by atoms with van der Waals surface area (Å²) in [6, 6.07) is 11.3. The molecule has 0 spiro atoms. The van der Waals surface area contributed by atoms with Crippen LogP contribution >= 0.6 is 11.8 Å². The Balaban J connectivity index is 2.14. The number of nitrogens with zero attached hydrogens (tertiary/aromatic N) is 1. The van der Waals surface area contributed by atoms with Gasteiger partial charge in [-0.05, 0) is 36.6 Å². The SMILES string of the molecule is CSc1ccc(Oc2cc(N)ccn2)cc1. The van der Waals surface area contributed by atoms with Crippen LogP contribution in [0.1, 0.15) is 0 Å². The van der Waals surface area contributed by atoms with Gasteiger partial charge in [-0.15, -0.1) is 11.8 Å². The van der Waals surface area contributed by atoms with Gasteiger partial charge in [0.25, 0.3) is 0 Å². The van der Waals surface area contributed by atoms with Gasteiger partial charge in [0.1, 0.15) is 5.75 Å². The lowest BCUT2D eigenvalue weighted by Crippen LogP contribution is -1.90. The van der Waals surface area contributed by atoms with Gasteiger partial charge < -0.3 is 10.5 Å². The van der Waals surface area contributed by atoms with Crippen molar-refractivity contribution in [2.45, 2.75) is 4.90 Å². The maximum Gasteiger partial charge on any atom is 0.221 e. The second-order valence-electron chi connectivity index (χ2n) is 3.21. The molecule has 0 amide bonds. The first kappa shape index (κ1) is 10.8. The zero-order valence-electron chi connectivity index (χ0n) is 8.88. The summed E-state index contributed by atoms with van der Waals surface area (Å²) < 4.78 is 5.56. The molecule has 0 saturated carbocycles. The second kappa shape index (κ2) is 4.90. The Bertz CT molecular complexity index is 471. The lowest BCUT2D eigenvalue weighted by atomic mass is 10.3. The average molecular weight is 232 g/mol. The van der Waals surface area contributed by atoms with E-state index in [1.165, 1.54) is 4.90 Å². The lowest BCUT2D eigenvalue weighted by Gasteiger charge is -2.05. The van der Waals surface area contributed by atoms with Crippen LogP contribution in [0, 0.1) is 0 Å². The van der Waals surface area contributed by atoms with E-state index in [0.29, 0.717) is 11.6 Å². The molecule has 0 aliphatic heterocycles. The molecule has 2 N–H and O–H groups in total. The second-order valence-corrected chi connectivity index (χ2v) is 4.08. The van der Waals surface area contributed by atoms with E-state index in [9.17, 15) is 0 Å². The van der Waals surface area contributed by atoms with Gasteiger partial charge in [0.15, 0.2) is 0 Å². The van der Waals surface area contributed by atoms with Gasteiger partial charge >= 0.3 is 0 Å². The molecule has 0 bridgehead atoms. The molecule has 0 aliphatic carbocycles. The van der Waals surface area contributed by atoms with Crippen molar-refractivity contribution in [3.8, 4) is 11.6 Å². The molecule has 1 aromatic heterocycles. The number of aromatic nitrogens is 1. The summed E-state index contributed by atoms with van der Waals surface area (Å²) in [4.78, 5) is 5.27. The molecule has 3 nitrogen and oxygen atoms in total. The van der Waals surface area contributed by atoms with Crippen LogP contribution in [0.4, 0.5) is 5.69 Å². The van der Waals surface area contributed by atoms with E-state index in [1.54, 1.807) is 30.1 Å². The number of nitrogen functional groups attached to an aromatic ring is 1. The predicted molar refractivity (Wildman–Crippen MR) is 66.9 cm³/mol. The van der Waals surface area contributed by atoms with E-state index in [-0.39, 0.29) is 0 Å². The van der Waals surface area contributed by atoms with E-state index in [1.807, 2.05) is 30.5 Å².